The van der Waals surface area contributed by atoms with Crippen LogP contribution >= 0.6 is 0 Å². The fourth-order valence-corrected chi connectivity index (χ4v) is 3.42. The zero-order valence-electron chi connectivity index (χ0n) is 14.3. The number of rotatable bonds is 3. The molecule has 0 bridgehead atoms. The number of nitrogens with zero attached hydrogens (tertiary/aromatic N) is 4. The number of amides is 1. The van der Waals surface area contributed by atoms with E-state index in [4.69, 9.17) is 4.52 Å². The third-order valence-corrected chi connectivity index (χ3v) is 4.63. The third-order valence-electron chi connectivity index (χ3n) is 4.63. The number of aromatic nitrogens is 3. The molecule has 1 fully saturated rings. The van der Waals surface area contributed by atoms with Crippen LogP contribution in [0.15, 0.2) is 47.0 Å². The van der Waals surface area contributed by atoms with Crippen LogP contribution in [-0.4, -0.2) is 38.8 Å². The van der Waals surface area contributed by atoms with E-state index in [1.165, 1.54) is 0 Å². The Morgan fingerprint density at radius 3 is 2.72 bits per heavy atom. The number of hydrogen-bond donors (Lipinski definition) is 0. The summed E-state index contributed by atoms with van der Waals surface area (Å²) in [5, 5.41) is 8.51. The van der Waals surface area contributed by atoms with Gasteiger partial charge < -0.3 is 9.42 Å². The van der Waals surface area contributed by atoms with Gasteiger partial charge in [0.25, 0.3) is 5.91 Å². The van der Waals surface area contributed by atoms with E-state index < -0.39 is 0 Å². The Bertz CT molecular complexity index is 897. The van der Waals surface area contributed by atoms with Gasteiger partial charge in [-0.2, -0.15) is 5.10 Å². The van der Waals surface area contributed by atoms with Gasteiger partial charge in [0.1, 0.15) is 0 Å². The van der Waals surface area contributed by atoms with Gasteiger partial charge in [0.05, 0.1) is 11.7 Å². The first-order valence-electron chi connectivity index (χ1n) is 8.46. The maximum Gasteiger partial charge on any atom is 0.276 e. The molecule has 0 radical (unpaired) electrons. The fraction of sp³-hybridized carbons (Fsp3) is 0.316. The van der Waals surface area contributed by atoms with Crippen LogP contribution in [0.1, 0.15) is 34.3 Å². The minimum Gasteiger partial charge on any atom is -0.355 e. The minimum atomic E-state index is -0.0880. The molecule has 0 spiro atoms. The van der Waals surface area contributed by atoms with Crippen LogP contribution in [0, 0.1) is 13.8 Å². The van der Waals surface area contributed by atoms with E-state index in [9.17, 15) is 4.79 Å². The minimum absolute atomic E-state index is 0.0880. The lowest BCUT2D eigenvalue weighted by molar-refractivity contribution is 0.0776. The number of benzene rings is 1. The molecule has 4 rings (SSSR count). The molecule has 2 aromatic heterocycles. The van der Waals surface area contributed by atoms with Crippen molar-refractivity contribution < 1.29 is 9.32 Å². The first kappa shape index (κ1) is 15.6. The van der Waals surface area contributed by atoms with Crippen molar-refractivity contribution in [2.24, 2.45) is 0 Å². The van der Waals surface area contributed by atoms with E-state index in [1.807, 2.05) is 53.8 Å². The summed E-state index contributed by atoms with van der Waals surface area (Å²) in [6, 6.07) is 13.7. The number of aryl methyl sites for hydroxylation is 2. The molecular formula is C19H20N4O2. The van der Waals surface area contributed by atoms with Crippen LogP contribution in [0.2, 0.25) is 0 Å². The molecule has 1 aliphatic heterocycles. The van der Waals surface area contributed by atoms with E-state index in [0.29, 0.717) is 24.5 Å². The summed E-state index contributed by atoms with van der Waals surface area (Å²) in [4.78, 5) is 14.6. The Kier molecular flexibility index (Phi) is 3.87. The first-order chi connectivity index (χ1) is 12.1. The van der Waals surface area contributed by atoms with Crippen molar-refractivity contribution in [1.29, 1.82) is 0 Å². The van der Waals surface area contributed by atoms with Crippen molar-refractivity contribution in [3.05, 3.63) is 59.5 Å². The Morgan fingerprint density at radius 2 is 2.00 bits per heavy atom. The molecule has 1 saturated heterocycles. The summed E-state index contributed by atoms with van der Waals surface area (Å²) >= 11 is 0. The van der Waals surface area contributed by atoms with Gasteiger partial charge in [0.15, 0.2) is 11.5 Å². The van der Waals surface area contributed by atoms with E-state index in [1.54, 1.807) is 6.07 Å². The molecule has 1 atom stereocenters. The summed E-state index contributed by atoms with van der Waals surface area (Å²) in [6.45, 7) is 5.39. The normalized spacial score (nSPS) is 17.2. The highest BCUT2D eigenvalue weighted by Crippen LogP contribution is 2.26. The molecule has 0 saturated carbocycles. The fourth-order valence-electron chi connectivity index (χ4n) is 3.42. The topological polar surface area (TPSA) is 64.2 Å². The molecular weight excluding hydrogens is 316 g/mol. The molecule has 1 unspecified atom stereocenters. The zero-order chi connectivity index (χ0) is 17.4. The maximum atomic E-state index is 12.7. The molecule has 6 nitrogen and oxygen atoms in total. The molecule has 1 aliphatic rings. The van der Waals surface area contributed by atoms with Crippen molar-refractivity contribution in [3.63, 3.8) is 0 Å². The van der Waals surface area contributed by atoms with E-state index in [0.717, 1.165) is 23.4 Å². The van der Waals surface area contributed by atoms with Gasteiger partial charge >= 0.3 is 0 Å². The largest absolute Gasteiger partial charge is 0.355 e. The predicted molar refractivity (Wildman–Crippen MR) is 93.2 cm³/mol. The van der Waals surface area contributed by atoms with Gasteiger partial charge in [0.2, 0.25) is 0 Å². The maximum absolute atomic E-state index is 12.7. The standard InChI is InChI=1S/C19H20N4O2/c1-13-10-14(2)23(20-13)16-8-9-22(12-16)19(24)17-11-18(25-21-17)15-6-4-3-5-7-15/h3-7,10-11,16H,8-9,12H2,1-2H3. The Morgan fingerprint density at radius 1 is 1.20 bits per heavy atom. The molecule has 3 aromatic rings. The molecule has 0 N–H and O–H groups in total. The molecule has 3 heterocycles. The second-order valence-corrected chi connectivity index (χ2v) is 6.51. The quantitative estimate of drug-likeness (QED) is 0.736. The molecule has 1 aromatic carbocycles. The van der Waals surface area contributed by atoms with Gasteiger partial charge in [-0.15, -0.1) is 0 Å². The first-order valence-corrected chi connectivity index (χ1v) is 8.46. The van der Waals surface area contributed by atoms with Crippen molar-refractivity contribution in [2.75, 3.05) is 13.1 Å². The van der Waals surface area contributed by atoms with Gasteiger partial charge in [-0.1, -0.05) is 35.5 Å². The Hall–Kier alpha value is -2.89. The Labute approximate surface area is 146 Å². The SMILES string of the molecule is Cc1cc(C)n(C2CCN(C(=O)c3cc(-c4ccccc4)on3)C2)n1. The smallest absolute Gasteiger partial charge is 0.276 e. The highest BCUT2D eigenvalue weighted by Gasteiger charge is 2.30. The molecule has 128 valence electrons. The monoisotopic (exact) mass is 336 g/mol. The number of carbonyl (C=O) groups excluding carboxylic acids is 1. The highest BCUT2D eigenvalue weighted by atomic mass is 16.5. The summed E-state index contributed by atoms with van der Waals surface area (Å²) in [6.07, 6.45) is 0.900. The van der Waals surface area contributed by atoms with Gasteiger partial charge in [0, 0.05) is 30.4 Å². The van der Waals surface area contributed by atoms with Crippen molar-refractivity contribution in [3.8, 4) is 11.3 Å². The van der Waals surface area contributed by atoms with Gasteiger partial charge in [-0.3, -0.25) is 9.48 Å². The summed E-state index contributed by atoms with van der Waals surface area (Å²) in [5.74, 6) is 0.521. The predicted octanol–water partition coefficient (Wildman–Crippen LogP) is 3.24. The highest BCUT2D eigenvalue weighted by molar-refractivity contribution is 5.93. The lowest BCUT2D eigenvalue weighted by atomic mass is 10.1. The Balaban J connectivity index is 1.49. The van der Waals surface area contributed by atoms with Crippen LogP contribution < -0.4 is 0 Å². The lowest BCUT2D eigenvalue weighted by Crippen LogP contribution is -2.29. The van der Waals surface area contributed by atoms with E-state index in [-0.39, 0.29) is 11.9 Å². The second-order valence-electron chi connectivity index (χ2n) is 6.51. The second kappa shape index (κ2) is 6.20. The number of likely N-dealkylation sites (tertiary alicyclic amines) is 1. The molecule has 6 heteroatoms. The van der Waals surface area contributed by atoms with Crippen LogP contribution in [0.25, 0.3) is 11.3 Å². The van der Waals surface area contributed by atoms with E-state index in [2.05, 4.69) is 16.3 Å². The lowest BCUT2D eigenvalue weighted by Gasteiger charge is -2.16. The number of hydrogen-bond acceptors (Lipinski definition) is 4. The zero-order valence-corrected chi connectivity index (χ0v) is 14.3. The van der Waals surface area contributed by atoms with Gasteiger partial charge in [-0.25, -0.2) is 0 Å². The summed E-state index contributed by atoms with van der Waals surface area (Å²) in [7, 11) is 0. The number of carbonyl (C=O) groups is 1. The third kappa shape index (κ3) is 2.95. The average molecular weight is 336 g/mol. The van der Waals surface area contributed by atoms with Crippen LogP contribution in [0.3, 0.4) is 0 Å². The van der Waals surface area contributed by atoms with Crippen LogP contribution in [0.5, 0.6) is 0 Å². The van der Waals surface area contributed by atoms with Crippen LogP contribution in [-0.2, 0) is 0 Å². The van der Waals surface area contributed by atoms with Crippen molar-refractivity contribution >= 4 is 5.91 Å². The summed E-state index contributed by atoms with van der Waals surface area (Å²) in [5.41, 5.74) is 3.40. The molecule has 1 amide bonds. The van der Waals surface area contributed by atoms with Gasteiger partial charge in [-0.05, 0) is 26.3 Å². The molecule has 0 aliphatic carbocycles. The molecule has 25 heavy (non-hydrogen) atoms. The van der Waals surface area contributed by atoms with Crippen LogP contribution in [0.4, 0.5) is 0 Å². The van der Waals surface area contributed by atoms with Crippen molar-refractivity contribution in [2.45, 2.75) is 26.3 Å². The average Bonchev–Trinajstić information content (AvgIpc) is 3.34. The summed E-state index contributed by atoms with van der Waals surface area (Å²) < 4.78 is 7.38. The van der Waals surface area contributed by atoms with E-state index >= 15 is 0 Å². The van der Waals surface area contributed by atoms with Crippen molar-refractivity contribution in [1.82, 2.24) is 19.8 Å².